The number of fused-ring (bicyclic) bond motifs is 1. The van der Waals surface area contributed by atoms with E-state index >= 15 is 0 Å². The molecule has 0 bridgehead atoms. The average Bonchev–Trinajstić information content (AvgIpc) is 2.98. The molecule has 0 radical (unpaired) electrons. The number of hydrogen-bond donors (Lipinski definition) is 1. The average molecular weight is 329 g/mol. The number of anilines is 1. The van der Waals surface area contributed by atoms with Gasteiger partial charge in [0.25, 0.3) is 0 Å². The highest BCUT2D eigenvalue weighted by Gasteiger charge is 2.17. The van der Waals surface area contributed by atoms with Crippen LogP contribution in [0.15, 0.2) is 36.4 Å². The molecule has 0 saturated heterocycles. The maximum absolute atomic E-state index is 14.0. The molecule has 0 spiro atoms. The molecule has 124 valence electrons. The van der Waals surface area contributed by atoms with Crippen LogP contribution in [0, 0.1) is 11.7 Å². The second-order valence-electron chi connectivity index (χ2n) is 5.58. The Hall–Kier alpha value is -3.03. The van der Waals surface area contributed by atoms with Gasteiger partial charge < -0.3 is 10.0 Å². The fourth-order valence-electron chi connectivity index (χ4n) is 2.38. The minimum atomic E-state index is -0.876. The summed E-state index contributed by atoms with van der Waals surface area (Å²) in [5.41, 5.74) is 0.785. The summed E-state index contributed by atoms with van der Waals surface area (Å²) >= 11 is 0. The zero-order valence-corrected chi connectivity index (χ0v) is 13.2. The third-order valence-corrected chi connectivity index (χ3v) is 3.72. The number of benzene rings is 1. The predicted octanol–water partition coefficient (Wildman–Crippen LogP) is 2.09. The predicted molar refractivity (Wildman–Crippen MR) is 86.2 cm³/mol. The van der Waals surface area contributed by atoms with Crippen molar-refractivity contribution in [2.24, 2.45) is 5.92 Å². The Morgan fingerprint density at radius 3 is 2.75 bits per heavy atom. The van der Waals surface area contributed by atoms with Gasteiger partial charge in [0.1, 0.15) is 11.6 Å². The van der Waals surface area contributed by atoms with Crippen LogP contribution in [0.4, 0.5) is 10.2 Å². The summed E-state index contributed by atoms with van der Waals surface area (Å²) in [6.45, 7) is 1.92. The van der Waals surface area contributed by atoms with Crippen molar-refractivity contribution in [3.63, 3.8) is 0 Å². The highest BCUT2D eigenvalue weighted by Crippen LogP contribution is 2.22. The molecule has 0 saturated carbocycles. The SMILES string of the molecule is CC(CN(C)c1ccc2nnc(-c3ccccc3F)n2n1)C(=O)O. The standard InChI is InChI=1S/C16H16FN5O2/c1-10(16(23)24)9-21(2)14-8-7-13-18-19-15(22(13)20-14)11-5-3-4-6-12(11)17/h3-8,10H,9H2,1-2H3,(H,23,24). The zero-order valence-electron chi connectivity index (χ0n) is 13.2. The monoisotopic (exact) mass is 329 g/mol. The number of rotatable bonds is 5. The lowest BCUT2D eigenvalue weighted by molar-refractivity contribution is -0.140. The smallest absolute Gasteiger partial charge is 0.308 e. The molecular formula is C16H16FN5O2. The van der Waals surface area contributed by atoms with Gasteiger partial charge in [-0.3, -0.25) is 4.79 Å². The molecule has 1 aromatic carbocycles. The van der Waals surface area contributed by atoms with Crippen molar-refractivity contribution < 1.29 is 14.3 Å². The highest BCUT2D eigenvalue weighted by atomic mass is 19.1. The van der Waals surface area contributed by atoms with Gasteiger partial charge in [-0.25, -0.2) is 4.39 Å². The van der Waals surface area contributed by atoms with Crippen molar-refractivity contribution in [3.8, 4) is 11.4 Å². The molecule has 7 nitrogen and oxygen atoms in total. The molecule has 0 aliphatic rings. The maximum atomic E-state index is 14.0. The maximum Gasteiger partial charge on any atom is 0.308 e. The fraction of sp³-hybridized carbons (Fsp3) is 0.250. The van der Waals surface area contributed by atoms with Crippen LogP contribution >= 0.6 is 0 Å². The first-order valence-corrected chi connectivity index (χ1v) is 7.38. The number of aliphatic carboxylic acids is 1. The van der Waals surface area contributed by atoms with E-state index in [0.717, 1.165) is 0 Å². The number of halogens is 1. The largest absolute Gasteiger partial charge is 0.481 e. The van der Waals surface area contributed by atoms with Crippen LogP contribution in [-0.4, -0.2) is 44.5 Å². The number of carboxylic acid groups (broad SMARTS) is 1. The topological polar surface area (TPSA) is 83.6 Å². The van der Waals surface area contributed by atoms with Crippen molar-refractivity contribution in [1.82, 2.24) is 19.8 Å². The molecule has 1 N–H and O–H groups in total. The van der Waals surface area contributed by atoms with Gasteiger partial charge in [0.2, 0.25) is 0 Å². The molecule has 3 aromatic rings. The molecule has 0 fully saturated rings. The Morgan fingerprint density at radius 2 is 2.04 bits per heavy atom. The second-order valence-corrected chi connectivity index (χ2v) is 5.58. The van der Waals surface area contributed by atoms with Crippen molar-refractivity contribution in [2.45, 2.75) is 6.92 Å². The van der Waals surface area contributed by atoms with Crippen LogP contribution in [0.1, 0.15) is 6.92 Å². The van der Waals surface area contributed by atoms with Crippen LogP contribution in [0.2, 0.25) is 0 Å². The summed E-state index contributed by atoms with van der Waals surface area (Å²) in [6, 6.07) is 9.70. The molecule has 0 aliphatic heterocycles. The molecule has 2 aromatic heterocycles. The first kappa shape index (κ1) is 15.9. The van der Waals surface area contributed by atoms with E-state index in [2.05, 4.69) is 15.3 Å². The summed E-state index contributed by atoms with van der Waals surface area (Å²) in [4.78, 5) is 12.7. The quantitative estimate of drug-likeness (QED) is 0.772. The van der Waals surface area contributed by atoms with Crippen LogP contribution in [-0.2, 0) is 4.79 Å². The van der Waals surface area contributed by atoms with Gasteiger partial charge in [-0.05, 0) is 24.3 Å². The first-order valence-electron chi connectivity index (χ1n) is 7.38. The van der Waals surface area contributed by atoms with Gasteiger partial charge in [-0.15, -0.1) is 15.3 Å². The van der Waals surface area contributed by atoms with Crippen molar-refractivity contribution >= 4 is 17.4 Å². The fourth-order valence-corrected chi connectivity index (χ4v) is 2.38. The van der Waals surface area contributed by atoms with E-state index < -0.39 is 17.7 Å². The lowest BCUT2D eigenvalue weighted by Gasteiger charge is -2.20. The summed E-state index contributed by atoms with van der Waals surface area (Å²) in [6.07, 6.45) is 0. The van der Waals surface area contributed by atoms with Crippen LogP contribution in [0.3, 0.4) is 0 Å². The highest BCUT2D eigenvalue weighted by molar-refractivity contribution is 5.70. The minimum Gasteiger partial charge on any atom is -0.481 e. The lowest BCUT2D eigenvalue weighted by Crippen LogP contribution is -2.29. The van der Waals surface area contributed by atoms with E-state index in [1.807, 2.05) is 0 Å². The third-order valence-electron chi connectivity index (χ3n) is 3.72. The number of aromatic nitrogens is 4. The molecule has 1 unspecified atom stereocenters. The van der Waals surface area contributed by atoms with Gasteiger partial charge in [-0.2, -0.15) is 4.52 Å². The molecule has 2 heterocycles. The van der Waals surface area contributed by atoms with Gasteiger partial charge in [-0.1, -0.05) is 19.1 Å². The van der Waals surface area contributed by atoms with Gasteiger partial charge >= 0.3 is 5.97 Å². The number of carbonyl (C=O) groups is 1. The van der Waals surface area contributed by atoms with E-state index in [1.165, 1.54) is 10.6 Å². The third kappa shape index (κ3) is 2.90. The molecule has 1 atom stereocenters. The van der Waals surface area contributed by atoms with Crippen molar-refractivity contribution in [3.05, 3.63) is 42.2 Å². The van der Waals surface area contributed by atoms with Gasteiger partial charge in [0.05, 0.1) is 11.5 Å². The molecule has 0 aliphatic carbocycles. The van der Waals surface area contributed by atoms with Crippen LogP contribution in [0.25, 0.3) is 17.0 Å². The van der Waals surface area contributed by atoms with E-state index in [0.29, 0.717) is 29.4 Å². The van der Waals surface area contributed by atoms with Crippen molar-refractivity contribution in [1.29, 1.82) is 0 Å². The van der Waals surface area contributed by atoms with E-state index in [9.17, 15) is 9.18 Å². The molecule has 24 heavy (non-hydrogen) atoms. The normalized spacial score (nSPS) is 12.3. The summed E-state index contributed by atoms with van der Waals surface area (Å²) in [5.74, 6) is -0.983. The molecular weight excluding hydrogens is 313 g/mol. The summed E-state index contributed by atoms with van der Waals surface area (Å²) in [5, 5.41) is 21.5. The van der Waals surface area contributed by atoms with Crippen molar-refractivity contribution in [2.75, 3.05) is 18.5 Å². The summed E-state index contributed by atoms with van der Waals surface area (Å²) < 4.78 is 15.5. The van der Waals surface area contributed by atoms with Gasteiger partial charge in [0, 0.05) is 13.6 Å². The van der Waals surface area contributed by atoms with E-state index in [1.54, 1.807) is 49.2 Å². The Balaban J connectivity index is 2.00. The Labute approximate surface area is 137 Å². The Bertz CT molecular complexity index is 895. The van der Waals surface area contributed by atoms with E-state index in [4.69, 9.17) is 5.11 Å². The van der Waals surface area contributed by atoms with Crippen LogP contribution in [0.5, 0.6) is 0 Å². The molecule has 3 rings (SSSR count). The Kier molecular flexibility index (Phi) is 4.11. The lowest BCUT2D eigenvalue weighted by atomic mass is 10.2. The summed E-state index contributed by atoms with van der Waals surface area (Å²) in [7, 11) is 1.75. The van der Waals surface area contributed by atoms with Gasteiger partial charge in [0.15, 0.2) is 11.5 Å². The number of hydrogen-bond acceptors (Lipinski definition) is 5. The number of carboxylic acids is 1. The second kappa shape index (κ2) is 6.23. The zero-order chi connectivity index (χ0) is 17.3. The van der Waals surface area contributed by atoms with Crippen LogP contribution < -0.4 is 4.90 Å². The number of nitrogens with zero attached hydrogens (tertiary/aromatic N) is 5. The molecule has 8 heteroatoms. The first-order chi connectivity index (χ1) is 11.5. The minimum absolute atomic E-state index is 0.296. The molecule has 0 amide bonds. The van der Waals surface area contributed by atoms with E-state index in [-0.39, 0.29) is 0 Å². The Morgan fingerprint density at radius 1 is 1.29 bits per heavy atom.